The van der Waals surface area contributed by atoms with E-state index >= 15 is 0 Å². The Kier molecular flexibility index (Phi) is 6.75. The van der Waals surface area contributed by atoms with Gasteiger partial charge in [-0.3, -0.25) is 4.79 Å². The Morgan fingerprint density at radius 3 is 2.52 bits per heavy atom. The molecular weight excluding hydrogens is 416 g/mol. The third kappa shape index (κ3) is 5.23. The molecule has 1 amide bonds. The first-order valence-electron chi connectivity index (χ1n) is 11.0. The van der Waals surface area contributed by atoms with Crippen LogP contribution in [-0.4, -0.2) is 66.6 Å². The molecule has 0 saturated carbocycles. The van der Waals surface area contributed by atoms with Gasteiger partial charge in [-0.25, -0.2) is 4.79 Å². The van der Waals surface area contributed by atoms with Crippen molar-refractivity contribution in [3.8, 4) is 5.75 Å². The van der Waals surface area contributed by atoms with Crippen LogP contribution in [0, 0.1) is 0 Å². The van der Waals surface area contributed by atoms with Crippen molar-refractivity contribution in [3.05, 3.63) is 83.4 Å². The molecule has 3 aromatic rings. The number of hydrogen-bond donors (Lipinski definition) is 1. The van der Waals surface area contributed by atoms with Crippen LogP contribution in [0.15, 0.2) is 72.3 Å². The van der Waals surface area contributed by atoms with E-state index in [1.165, 1.54) is 12.1 Å². The lowest BCUT2D eigenvalue weighted by molar-refractivity contribution is -0.127. The predicted molar refractivity (Wildman–Crippen MR) is 129 cm³/mol. The van der Waals surface area contributed by atoms with Crippen LogP contribution < -0.4 is 4.74 Å². The van der Waals surface area contributed by atoms with Gasteiger partial charge in [0.15, 0.2) is 0 Å². The summed E-state index contributed by atoms with van der Waals surface area (Å²) in [5, 5.41) is 11.2. The number of carbonyl (C=O) groups is 2. The summed E-state index contributed by atoms with van der Waals surface area (Å²) >= 11 is 0. The van der Waals surface area contributed by atoms with Crippen LogP contribution in [0.25, 0.3) is 16.8 Å². The maximum absolute atomic E-state index is 13.5. The Hall–Kier alpha value is -3.64. The maximum Gasteiger partial charge on any atom is 0.335 e. The molecule has 4 rings (SSSR count). The van der Waals surface area contributed by atoms with Gasteiger partial charge in [0.1, 0.15) is 12.4 Å². The molecular formula is C27H28N2O4. The minimum Gasteiger partial charge on any atom is -0.488 e. The highest BCUT2D eigenvalue weighted by Crippen LogP contribution is 2.26. The summed E-state index contributed by atoms with van der Waals surface area (Å²) in [6.07, 6.45) is 2.72. The molecule has 1 heterocycles. The number of nitrogens with zero attached hydrogens (tertiary/aromatic N) is 2. The number of carbonyl (C=O) groups excluding carboxylic acids is 1. The summed E-state index contributed by atoms with van der Waals surface area (Å²) in [7, 11) is 3.90. The largest absolute Gasteiger partial charge is 0.488 e. The van der Waals surface area contributed by atoms with E-state index in [2.05, 4.69) is 11.9 Å². The molecule has 1 saturated heterocycles. The fraction of sp³-hybridized carbons (Fsp3) is 0.259. The van der Waals surface area contributed by atoms with Gasteiger partial charge in [0.25, 0.3) is 5.91 Å². The van der Waals surface area contributed by atoms with Crippen LogP contribution in [0.4, 0.5) is 0 Å². The van der Waals surface area contributed by atoms with Gasteiger partial charge in [0, 0.05) is 25.0 Å². The third-order valence-corrected chi connectivity index (χ3v) is 6.14. The third-order valence-electron chi connectivity index (χ3n) is 6.14. The number of benzene rings is 3. The van der Waals surface area contributed by atoms with E-state index in [4.69, 9.17) is 9.84 Å². The van der Waals surface area contributed by atoms with Gasteiger partial charge >= 0.3 is 5.97 Å². The number of aromatic carboxylic acids is 1. The van der Waals surface area contributed by atoms with E-state index < -0.39 is 5.97 Å². The number of hydrogen-bond acceptors (Lipinski definition) is 4. The fourth-order valence-electron chi connectivity index (χ4n) is 4.19. The second-order valence-electron chi connectivity index (χ2n) is 8.48. The molecule has 170 valence electrons. The first-order chi connectivity index (χ1) is 15.9. The number of carboxylic acids is 1. The predicted octanol–water partition coefficient (Wildman–Crippen LogP) is 4.16. The van der Waals surface area contributed by atoms with Gasteiger partial charge in [0.2, 0.25) is 0 Å². The number of likely N-dealkylation sites (tertiary alicyclic amines) is 1. The maximum atomic E-state index is 13.5. The van der Waals surface area contributed by atoms with Crippen molar-refractivity contribution in [1.29, 1.82) is 0 Å². The summed E-state index contributed by atoms with van der Waals surface area (Å²) < 4.78 is 6.15. The van der Waals surface area contributed by atoms with Crippen molar-refractivity contribution in [1.82, 2.24) is 9.80 Å². The van der Waals surface area contributed by atoms with E-state index in [9.17, 15) is 9.59 Å². The van der Waals surface area contributed by atoms with Crippen LogP contribution in [-0.2, 0) is 4.79 Å². The lowest BCUT2D eigenvalue weighted by Gasteiger charge is -2.26. The van der Waals surface area contributed by atoms with Crippen LogP contribution in [0.1, 0.15) is 22.3 Å². The number of likely N-dealkylation sites (N-methyl/N-ethyl adjacent to an activating group) is 2. The highest BCUT2D eigenvalue weighted by Gasteiger charge is 2.28. The summed E-state index contributed by atoms with van der Waals surface area (Å²) in [6.45, 7) is 1.91. The Morgan fingerprint density at radius 2 is 1.82 bits per heavy atom. The van der Waals surface area contributed by atoms with Crippen molar-refractivity contribution >= 4 is 28.7 Å². The SMILES string of the molecule is CN1CCC(N(C)C(=O)C(=Cc2ccc(C(=O)O)cc2)COc2cccc3ccccc23)C1. The van der Waals surface area contributed by atoms with Gasteiger partial charge in [0.05, 0.1) is 11.1 Å². The monoisotopic (exact) mass is 444 g/mol. The van der Waals surface area contributed by atoms with Crippen LogP contribution in [0.2, 0.25) is 0 Å². The van der Waals surface area contributed by atoms with E-state index in [0.29, 0.717) is 5.57 Å². The molecule has 1 aliphatic heterocycles. The minimum absolute atomic E-state index is 0.0853. The number of amides is 1. The Balaban J connectivity index is 1.61. The molecule has 0 aromatic heterocycles. The zero-order valence-corrected chi connectivity index (χ0v) is 18.9. The normalized spacial score (nSPS) is 16.7. The first-order valence-corrected chi connectivity index (χ1v) is 11.0. The van der Waals surface area contributed by atoms with Gasteiger partial charge in [-0.15, -0.1) is 0 Å². The highest BCUT2D eigenvalue weighted by atomic mass is 16.5. The lowest BCUT2D eigenvalue weighted by atomic mass is 10.1. The molecule has 33 heavy (non-hydrogen) atoms. The Morgan fingerprint density at radius 1 is 1.09 bits per heavy atom. The van der Waals surface area contributed by atoms with Crippen LogP contribution in [0.3, 0.4) is 0 Å². The second-order valence-corrected chi connectivity index (χ2v) is 8.48. The quantitative estimate of drug-likeness (QED) is 0.554. The van der Waals surface area contributed by atoms with E-state index in [-0.39, 0.29) is 24.1 Å². The van der Waals surface area contributed by atoms with Gasteiger partial charge in [-0.1, -0.05) is 48.5 Å². The molecule has 6 heteroatoms. The molecule has 0 radical (unpaired) electrons. The number of carboxylic acid groups (broad SMARTS) is 1. The summed E-state index contributed by atoms with van der Waals surface area (Å²) in [5.41, 5.74) is 1.48. The van der Waals surface area contributed by atoms with Crippen molar-refractivity contribution in [3.63, 3.8) is 0 Å². The molecule has 1 aliphatic rings. The van der Waals surface area contributed by atoms with Crippen LogP contribution in [0.5, 0.6) is 5.75 Å². The van der Waals surface area contributed by atoms with Gasteiger partial charge in [-0.05, 0) is 55.2 Å². The molecule has 0 spiro atoms. The zero-order chi connectivity index (χ0) is 23.4. The molecule has 1 unspecified atom stereocenters. The molecule has 3 aromatic carbocycles. The average Bonchev–Trinajstić information content (AvgIpc) is 3.27. The van der Waals surface area contributed by atoms with Crippen LogP contribution >= 0.6 is 0 Å². The first kappa shape index (κ1) is 22.6. The molecule has 0 bridgehead atoms. The van der Waals surface area contributed by atoms with Crippen molar-refractivity contribution in [2.75, 3.05) is 33.8 Å². The van der Waals surface area contributed by atoms with Gasteiger partial charge in [-0.2, -0.15) is 0 Å². The second kappa shape index (κ2) is 9.88. The number of fused-ring (bicyclic) bond motifs is 1. The Labute approximate surface area is 193 Å². The molecule has 6 nitrogen and oxygen atoms in total. The number of ether oxygens (including phenoxy) is 1. The standard InChI is InChI=1S/C27H28N2O4/c1-28-15-14-23(17-28)29(2)26(30)22(16-19-10-12-21(13-11-19)27(31)32)18-33-25-9-5-7-20-6-3-4-8-24(20)25/h3-13,16,23H,14-15,17-18H2,1-2H3,(H,31,32). The minimum atomic E-state index is -0.980. The molecule has 1 N–H and O–H groups in total. The highest BCUT2D eigenvalue weighted by molar-refractivity contribution is 5.98. The number of rotatable bonds is 7. The lowest BCUT2D eigenvalue weighted by Crippen LogP contribution is -2.40. The molecule has 0 aliphatic carbocycles. The summed E-state index contributed by atoms with van der Waals surface area (Å²) in [5.74, 6) is -0.347. The zero-order valence-electron chi connectivity index (χ0n) is 18.9. The fourth-order valence-corrected chi connectivity index (χ4v) is 4.19. The molecule has 1 atom stereocenters. The van der Waals surface area contributed by atoms with E-state index in [0.717, 1.165) is 41.6 Å². The smallest absolute Gasteiger partial charge is 0.335 e. The van der Waals surface area contributed by atoms with Crippen molar-refractivity contribution < 1.29 is 19.4 Å². The topological polar surface area (TPSA) is 70.1 Å². The van der Waals surface area contributed by atoms with E-state index in [1.807, 2.05) is 49.5 Å². The Bertz CT molecular complexity index is 1180. The van der Waals surface area contributed by atoms with Gasteiger partial charge < -0.3 is 19.6 Å². The molecule has 1 fully saturated rings. The summed E-state index contributed by atoms with van der Waals surface area (Å²) in [6, 6.07) is 20.5. The van der Waals surface area contributed by atoms with Crippen molar-refractivity contribution in [2.24, 2.45) is 0 Å². The van der Waals surface area contributed by atoms with Crippen molar-refractivity contribution in [2.45, 2.75) is 12.5 Å². The average molecular weight is 445 g/mol. The summed E-state index contributed by atoms with van der Waals surface area (Å²) in [4.78, 5) is 28.7. The van der Waals surface area contributed by atoms with E-state index in [1.54, 1.807) is 23.1 Å².